The summed E-state index contributed by atoms with van der Waals surface area (Å²) in [7, 11) is 5.51. The zero-order valence-corrected chi connectivity index (χ0v) is 16.9. The number of carbonyl (C=O) groups excluding carboxylic acids is 1. The van der Waals surface area contributed by atoms with E-state index in [1.165, 1.54) is 35.6 Å². The van der Waals surface area contributed by atoms with Crippen molar-refractivity contribution in [2.24, 2.45) is 0 Å². The number of rotatable bonds is 6. The van der Waals surface area contributed by atoms with Crippen LogP contribution in [0.4, 0.5) is 9.52 Å². The van der Waals surface area contributed by atoms with Gasteiger partial charge in [-0.25, -0.2) is 9.37 Å². The first kappa shape index (κ1) is 21.1. The molecule has 0 bridgehead atoms. The maximum absolute atomic E-state index is 13.2. The van der Waals surface area contributed by atoms with E-state index in [0.29, 0.717) is 23.8 Å². The molecule has 0 radical (unpaired) electrons. The van der Waals surface area contributed by atoms with Crippen LogP contribution in [0.25, 0.3) is 10.2 Å². The highest BCUT2D eigenvalue weighted by Gasteiger charge is 2.21. The normalized spacial score (nSPS) is 10.7. The Kier molecular flexibility index (Phi) is 7.12. The summed E-state index contributed by atoms with van der Waals surface area (Å²) in [6.07, 6.45) is 0. The van der Waals surface area contributed by atoms with Crippen LogP contribution in [0.5, 0.6) is 5.75 Å². The smallest absolute Gasteiger partial charge is 0.260 e. The quantitative estimate of drug-likeness (QED) is 0.615. The van der Waals surface area contributed by atoms with Gasteiger partial charge in [-0.2, -0.15) is 0 Å². The van der Waals surface area contributed by atoms with Gasteiger partial charge in [0.25, 0.3) is 5.91 Å². The molecule has 3 aromatic rings. The van der Waals surface area contributed by atoms with Gasteiger partial charge in [-0.15, -0.1) is 12.4 Å². The third-order valence-corrected chi connectivity index (χ3v) is 4.96. The number of methoxy groups -OCH3 is 1. The van der Waals surface area contributed by atoms with Crippen molar-refractivity contribution in [2.75, 3.05) is 39.2 Å². The third kappa shape index (κ3) is 4.94. The van der Waals surface area contributed by atoms with Gasteiger partial charge >= 0.3 is 0 Å². The number of thiazole rings is 1. The molecule has 0 aliphatic rings. The van der Waals surface area contributed by atoms with Crippen molar-refractivity contribution in [1.82, 2.24) is 9.88 Å². The van der Waals surface area contributed by atoms with Crippen LogP contribution in [0, 0.1) is 5.82 Å². The van der Waals surface area contributed by atoms with E-state index in [2.05, 4.69) is 4.98 Å². The Hall–Kier alpha value is -2.22. The maximum atomic E-state index is 13.2. The average molecular weight is 410 g/mol. The lowest BCUT2D eigenvalue weighted by Crippen LogP contribution is -2.36. The fraction of sp³-hybridized carbons (Fsp3) is 0.263. The van der Waals surface area contributed by atoms with Crippen LogP contribution < -0.4 is 9.64 Å². The number of likely N-dealkylation sites (N-methyl/N-ethyl adjacent to an activating group) is 1. The minimum atomic E-state index is -0.367. The topological polar surface area (TPSA) is 45.7 Å². The number of nitrogens with zero attached hydrogens (tertiary/aromatic N) is 3. The van der Waals surface area contributed by atoms with E-state index in [0.717, 1.165) is 16.0 Å². The van der Waals surface area contributed by atoms with Crippen molar-refractivity contribution in [3.8, 4) is 5.75 Å². The van der Waals surface area contributed by atoms with Crippen LogP contribution in [-0.2, 0) is 0 Å². The standard InChI is InChI=1S/C19H20FN3O2S.ClH/c1-22(2)10-11-23(18(24)13-4-6-14(20)7-5-13)19-21-16-9-8-15(25-3)12-17(16)26-19;/h4-9,12H,10-11H2,1-3H3;1H. The molecule has 0 N–H and O–H groups in total. The second-order valence-electron chi connectivity index (χ2n) is 6.10. The van der Waals surface area contributed by atoms with Crippen LogP contribution in [-0.4, -0.2) is 50.1 Å². The summed E-state index contributed by atoms with van der Waals surface area (Å²) >= 11 is 1.43. The van der Waals surface area contributed by atoms with Gasteiger partial charge in [0, 0.05) is 18.7 Å². The van der Waals surface area contributed by atoms with Gasteiger partial charge in [0.15, 0.2) is 5.13 Å². The fourth-order valence-electron chi connectivity index (χ4n) is 2.47. The highest BCUT2D eigenvalue weighted by molar-refractivity contribution is 7.22. The minimum Gasteiger partial charge on any atom is -0.497 e. The number of hydrogen-bond acceptors (Lipinski definition) is 5. The number of aromatic nitrogens is 1. The molecule has 5 nitrogen and oxygen atoms in total. The zero-order chi connectivity index (χ0) is 18.7. The van der Waals surface area contributed by atoms with E-state index in [1.54, 1.807) is 12.0 Å². The Morgan fingerprint density at radius 2 is 1.85 bits per heavy atom. The Labute approximate surface area is 167 Å². The number of benzene rings is 2. The van der Waals surface area contributed by atoms with Gasteiger partial charge in [-0.05, 0) is 56.6 Å². The zero-order valence-electron chi connectivity index (χ0n) is 15.3. The van der Waals surface area contributed by atoms with E-state index in [-0.39, 0.29) is 24.1 Å². The van der Waals surface area contributed by atoms with Gasteiger partial charge in [-0.3, -0.25) is 9.69 Å². The molecular formula is C19H21ClFN3O2S. The lowest BCUT2D eigenvalue weighted by atomic mass is 10.2. The highest BCUT2D eigenvalue weighted by Crippen LogP contribution is 2.32. The predicted molar refractivity (Wildman–Crippen MR) is 110 cm³/mol. The summed E-state index contributed by atoms with van der Waals surface area (Å²) in [5.41, 5.74) is 1.24. The van der Waals surface area contributed by atoms with Crippen molar-refractivity contribution in [3.05, 3.63) is 53.8 Å². The molecular weight excluding hydrogens is 389 g/mol. The van der Waals surface area contributed by atoms with Crippen LogP contribution >= 0.6 is 23.7 Å². The van der Waals surface area contributed by atoms with Crippen molar-refractivity contribution >= 4 is 45.0 Å². The highest BCUT2D eigenvalue weighted by atomic mass is 35.5. The molecule has 2 aromatic carbocycles. The van der Waals surface area contributed by atoms with E-state index < -0.39 is 0 Å². The molecule has 0 atom stereocenters. The fourth-order valence-corrected chi connectivity index (χ4v) is 3.49. The summed E-state index contributed by atoms with van der Waals surface area (Å²) in [4.78, 5) is 21.2. The van der Waals surface area contributed by atoms with Crippen LogP contribution in [0.3, 0.4) is 0 Å². The van der Waals surface area contributed by atoms with E-state index in [4.69, 9.17) is 4.74 Å². The molecule has 0 aliphatic carbocycles. The first-order valence-corrected chi connectivity index (χ1v) is 8.96. The number of anilines is 1. The second kappa shape index (κ2) is 9.12. The summed E-state index contributed by atoms with van der Waals surface area (Å²) < 4.78 is 19.4. The summed E-state index contributed by atoms with van der Waals surface area (Å²) in [6.45, 7) is 1.17. The van der Waals surface area contributed by atoms with Gasteiger partial charge in [0.2, 0.25) is 0 Å². The molecule has 1 aromatic heterocycles. The molecule has 1 amide bonds. The number of amides is 1. The molecule has 0 spiro atoms. The molecule has 144 valence electrons. The molecule has 0 aliphatic heterocycles. The number of fused-ring (bicyclic) bond motifs is 1. The van der Waals surface area contributed by atoms with Gasteiger partial charge in [0.05, 0.1) is 17.3 Å². The Balaban J connectivity index is 0.00000261. The lowest BCUT2D eigenvalue weighted by molar-refractivity contribution is 0.0985. The Bertz CT molecular complexity index is 915. The Morgan fingerprint density at radius 3 is 2.48 bits per heavy atom. The minimum absolute atomic E-state index is 0. The molecule has 3 rings (SSSR count). The lowest BCUT2D eigenvalue weighted by Gasteiger charge is -2.22. The first-order chi connectivity index (χ1) is 12.5. The van der Waals surface area contributed by atoms with Crippen LogP contribution in [0.2, 0.25) is 0 Å². The van der Waals surface area contributed by atoms with Crippen molar-refractivity contribution < 1.29 is 13.9 Å². The molecule has 1 heterocycles. The maximum Gasteiger partial charge on any atom is 0.260 e. The van der Waals surface area contributed by atoms with Gasteiger partial charge < -0.3 is 9.64 Å². The van der Waals surface area contributed by atoms with Crippen molar-refractivity contribution in [1.29, 1.82) is 0 Å². The molecule has 0 fully saturated rings. The van der Waals surface area contributed by atoms with Crippen molar-refractivity contribution in [2.45, 2.75) is 0 Å². The number of ether oxygens (including phenoxy) is 1. The number of hydrogen-bond donors (Lipinski definition) is 0. The van der Waals surface area contributed by atoms with E-state index >= 15 is 0 Å². The Morgan fingerprint density at radius 1 is 1.15 bits per heavy atom. The van der Waals surface area contributed by atoms with Gasteiger partial charge in [-0.1, -0.05) is 11.3 Å². The predicted octanol–water partition coefficient (Wildman–Crippen LogP) is 4.07. The summed E-state index contributed by atoms with van der Waals surface area (Å²) in [5, 5.41) is 0.615. The monoisotopic (exact) mass is 409 g/mol. The second-order valence-corrected chi connectivity index (χ2v) is 7.11. The molecule has 0 saturated carbocycles. The average Bonchev–Trinajstić information content (AvgIpc) is 3.04. The van der Waals surface area contributed by atoms with Crippen molar-refractivity contribution in [3.63, 3.8) is 0 Å². The number of carbonyl (C=O) groups is 1. The van der Waals surface area contributed by atoms with E-state index in [9.17, 15) is 9.18 Å². The largest absolute Gasteiger partial charge is 0.497 e. The number of halogens is 2. The molecule has 0 saturated heterocycles. The molecule has 0 unspecified atom stereocenters. The SMILES string of the molecule is COc1ccc2nc(N(CCN(C)C)C(=O)c3ccc(F)cc3)sc2c1.Cl. The summed E-state index contributed by atoms with van der Waals surface area (Å²) in [6, 6.07) is 11.2. The van der Waals surface area contributed by atoms with Crippen LogP contribution in [0.1, 0.15) is 10.4 Å². The molecule has 27 heavy (non-hydrogen) atoms. The van der Waals surface area contributed by atoms with Gasteiger partial charge in [0.1, 0.15) is 11.6 Å². The third-order valence-electron chi connectivity index (χ3n) is 3.92. The molecule has 8 heteroatoms. The first-order valence-electron chi connectivity index (χ1n) is 8.14. The van der Waals surface area contributed by atoms with Crippen LogP contribution in [0.15, 0.2) is 42.5 Å². The van der Waals surface area contributed by atoms with E-state index in [1.807, 2.05) is 37.2 Å². The summed E-state index contributed by atoms with van der Waals surface area (Å²) in [5.74, 6) is 0.184.